The molecule has 6 atom stereocenters. The van der Waals surface area contributed by atoms with Crippen LogP contribution in [0.5, 0.6) is 0 Å². The number of fused-ring (bicyclic) bond motifs is 3. The summed E-state index contributed by atoms with van der Waals surface area (Å²) in [5, 5.41) is 20.0. The Morgan fingerprint density at radius 1 is 0.979 bits per heavy atom. The van der Waals surface area contributed by atoms with Gasteiger partial charge in [-0.1, -0.05) is 50.2 Å². The van der Waals surface area contributed by atoms with Gasteiger partial charge in [-0.25, -0.2) is 0 Å². The molecule has 4 N–H and O–H groups in total. The molecule has 13 heteroatoms. The molecule has 0 spiro atoms. The Balaban J connectivity index is 1.51. The van der Waals surface area contributed by atoms with Gasteiger partial charge in [-0.05, 0) is 49.3 Å². The number of ether oxygens (including phenoxy) is 1. The second kappa shape index (κ2) is 15.5. The minimum Gasteiger partial charge on any atom is -0.388 e. The number of amides is 5. The first-order valence-electron chi connectivity index (χ1n) is 16.3. The van der Waals surface area contributed by atoms with E-state index in [1.54, 1.807) is 12.1 Å². The van der Waals surface area contributed by atoms with E-state index in [0.717, 1.165) is 5.56 Å². The quantitative estimate of drug-likeness (QED) is 0.362. The minimum atomic E-state index is -1.21. The third kappa shape index (κ3) is 8.52. The molecule has 3 fully saturated rings. The van der Waals surface area contributed by atoms with Gasteiger partial charge in [0.15, 0.2) is 0 Å². The third-order valence-electron chi connectivity index (χ3n) is 8.88. The van der Waals surface area contributed by atoms with Crippen molar-refractivity contribution >= 4 is 29.5 Å². The van der Waals surface area contributed by atoms with Crippen LogP contribution in [0.2, 0.25) is 0 Å². The summed E-state index contributed by atoms with van der Waals surface area (Å²) in [6, 6.07) is 10.6. The molecule has 0 aliphatic carbocycles. The van der Waals surface area contributed by atoms with E-state index < -0.39 is 72.5 Å². The van der Waals surface area contributed by atoms with E-state index in [9.17, 15) is 29.1 Å². The van der Waals surface area contributed by atoms with Crippen molar-refractivity contribution < 1.29 is 33.8 Å². The van der Waals surface area contributed by atoms with E-state index in [2.05, 4.69) is 20.9 Å². The van der Waals surface area contributed by atoms with Crippen LogP contribution >= 0.6 is 0 Å². The lowest BCUT2D eigenvalue weighted by molar-refractivity contribution is -0.142. The van der Waals surface area contributed by atoms with Crippen LogP contribution in [0.1, 0.15) is 55.6 Å². The largest absolute Gasteiger partial charge is 0.388 e. The van der Waals surface area contributed by atoms with Crippen molar-refractivity contribution in [2.45, 2.75) is 82.3 Å². The molecule has 47 heavy (non-hydrogen) atoms. The van der Waals surface area contributed by atoms with Gasteiger partial charge in [0.2, 0.25) is 23.6 Å². The third-order valence-corrected chi connectivity index (χ3v) is 8.88. The number of carbonyl (C=O) groups is 5. The van der Waals surface area contributed by atoms with Gasteiger partial charge in [0.1, 0.15) is 42.6 Å². The van der Waals surface area contributed by atoms with Crippen molar-refractivity contribution in [3.05, 3.63) is 66.0 Å². The standard InChI is InChI=1S/C34H44N6O7/c1-21(2)17-25-31(43)37-23-13-16-47-28(30(23)42)19-39(33(45)24-11-6-7-14-35-24)20-29(41)36-26(18-22-9-4-3-5-10-22)34(46)40-15-8-12-27(40)32(44)38-25/h3-7,9-11,14,21,23,25-28,30,42H,8,12-13,15-20H2,1-2H3,(H,36,41)(H,37,43)(H,38,44)/t23-,25+,26-,27+,28+,30-/m0/s1. The molecule has 0 saturated carbocycles. The Bertz CT molecular complexity index is 1420. The first kappa shape index (κ1) is 34.0. The summed E-state index contributed by atoms with van der Waals surface area (Å²) < 4.78 is 5.87. The molecule has 5 amide bonds. The number of pyridine rings is 1. The molecule has 1 aromatic carbocycles. The van der Waals surface area contributed by atoms with Crippen molar-refractivity contribution in [2.24, 2.45) is 5.92 Å². The number of benzene rings is 1. The number of nitrogens with one attached hydrogen (secondary N) is 3. The summed E-state index contributed by atoms with van der Waals surface area (Å²) in [6.07, 6.45) is 1.13. The van der Waals surface area contributed by atoms with Gasteiger partial charge in [-0.2, -0.15) is 0 Å². The zero-order chi connectivity index (χ0) is 33.5. The average Bonchev–Trinajstić information content (AvgIpc) is 3.55. The fourth-order valence-corrected chi connectivity index (χ4v) is 6.50. The molecule has 252 valence electrons. The highest BCUT2D eigenvalue weighted by molar-refractivity contribution is 5.97. The molecule has 2 aromatic rings. The van der Waals surface area contributed by atoms with Crippen molar-refractivity contribution in [2.75, 3.05) is 26.2 Å². The van der Waals surface area contributed by atoms with E-state index in [1.165, 1.54) is 22.1 Å². The van der Waals surface area contributed by atoms with Gasteiger partial charge in [-0.15, -0.1) is 0 Å². The number of carbonyl (C=O) groups excluding carboxylic acids is 5. The summed E-state index contributed by atoms with van der Waals surface area (Å²) in [5.74, 6) is -2.41. The van der Waals surface area contributed by atoms with E-state index >= 15 is 0 Å². The SMILES string of the molecule is CC(C)C[C@H]1NC(=O)[C@H]2CCCN2C(=O)[C@H](Cc2ccccc2)NC(=O)CN(C(=O)c2ccccn2)C[C@H]2OCC[C@H](NC1=O)[C@@H]2O. The van der Waals surface area contributed by atoms with Gasteiger partial charge in [0.25, 0.3) is 5.91 Å². The Hall–Kier alpha value is -4.36. The van der Waals surface area contributed by atoms with Crippen molar-refractivity contribution in [1.82, 2.24) is 30.7 Å². The zero-order valence-electron chi connectivity index (χ0n) is 26.8. The van der Waals surface area contributed by atoms with E-state index in [4.69, 9.17) is 4.74 Å². The lowest BCUT2D eigenvalue weighted by Crippen LogP contribution is -2.60. The summed E-state index contributed by atoms with van der Waals surface area (Å²) in [7, 11) is 0. The highest BCUT2D eigenvalue weighted by Crippen LogP contribution is 2.22. The van der Waals surface area contributed by atoms with Crippen LogP contribution in [0, 0.1) is 5.92 Å². The number of nitrogens with zero attached hydrogens (tertiary/aromatic N) is 3. The number of aromatic nitrogens is 1. The number of hydrogen-bond acceptors (Lipinski definition) is 8. The molecule has 3 aliphatic heterocycles. The molecule has 0 unspecified atom stereocenters. The molecule has 1 aromatic heterocycles. The Kier molecular flexibility index (Phi) is 11.2. The number of hydrogen-bond donors (Lipinski definition) is 4. The molecular weight excluding hydrogens is 604 g/mol. The van der Waals surface area contributed by atoms with Gasteiger partial charge >= 0.3 is 0 Å². The normalized spacial score (nSPS) is 27.8. The van der Waals surface area contributed by atoms with Gasteiger partial charge in [0.05, 0.1) is 12.6 Å². The summed E-state index contributed by atoms with van der Waals surface area (Å²) in [6.45, 7) is 3.77. The Labute approximate surface area is 274 Å². The van der Waals surface area contributed by atoms with Crippen LogP contribution in [0.3, 0.4) is 0 Å². The lowest BCUT2D eigenvalue weighted by atomic mass is 9.97. The smallest absolute Gasteiger partial charge is 0.273 e. The van der Waals surface area contributed by atoms with Gasteiger partial charge in [0, 0.05) is 25.8 Å². The van der Waals surface area contributed by atoms with Crippen molar-refractivity contribution in [1.29, 1.82) is 0 Å². The van der Waals surface area contributed by atoms with E-state index in [1.807, 2.05) is 44.2 Å². The zero-order valence-corrected chi connectivity index (χ0v) is 26.8. The van der Waals surface area contributed by atoms with E-state index in [0.29, 0.717) is 32.2 Å². The minimum absolute atomic E-state index is 0.0606. The summed E-state index contributed by atoms with van der Waals surface area (Å²) in [4.78, 5) is 75.7. The fraction of sp³-hybridized carbons (Fsp3) is 0.529. The maximum atomic E-state index is 14.1. The summed E-state index contributed by atoms with van der Waals surface area (Å²) in [5.41, 5.74) is 0.899. The second-order valence-corrected chi connectivity index (χ2v) is 12.9. The number of rotatable bonds is 5. The predicted octanol–water partition coefficient (Wildman–Crippen LogP) is 0.421. The Morgan fingerprint density at radius 3 is 2.47 bits per heavy atom. The molecule has 0 radical (unpaired) electrons. The average molecular weight is 649 g/mol. The van der Waals surface area contributed by atoms with Crippen LogP contribution in [-0.2, 0) is 30.3 Å². The lowest BCUT2D eigenvalue weighted by Gasteiger charge is -2.38. The van der Waals surface area contributed by atoms with Crippen LogP contribution in [-0.4, -0.2) is 112 Å². The number of aliphatic hydroxyl groups is 1. The van der Waals surface area contributed by atoms with E-state index in [-0.39, 0.29) is 31.2 Å². The predicted molar refractivity (Wildman–Crippen MR) is 171 cm³/mol. The highest BCUT2D eigenvalue weighted by Gasteiger charge is 2.41. The van der Waals surface area contributed by atoms with Crippen LogP contribution in [0.15, 0.2) is 54.7 Å². The maximum Gasteiger partial charge on any atom is 0.273 e. The molecule has 5 rings (SSSR count). The van der Waals surface area contributed by atoms with Crippen molar-refractivity contribution in [3.8, 4) is 0 Å². The summed E-state index contributed by atoms with van der Waals surface area (Å²) >= 11 is 0. The molecule has 13 nitrogen and oxygen atoms in total. The van der Waals surface area contributed by atoms with Gasteiger partial charge in [-0.3, -0.25) is 29.0 Å². The monoisotopic (exact) mass is 648 g/mol. The first-order chi connectivity index (χ1) is 22.6. The van der Waals surface area contributed by atoms with Gasteiger partial charge < -0.3 is 35.6 Å². The topological polar surface area (TPSA) is 170 Å². The molecule has 3 aliphatic rings. The second-order valence-electron chi connectivity index (χ2n) is 12.9. The molecule has 2 bridgehead atoms. The van der Waals surface area contributed by atoms with Crippen LogP contribution in [0.4, 0.5) is 0 Å². The van der Waals surface area contributed by atoms with Crippen LogP contribution in [0.25, 0.3) is 0 Å². The number of aliphatic hydroxyl groups excluding tert-OH is 1. The fourth-order valence-electron chi connectivity index (χ4n) is 6.50. The molecule has 3 saturated heterocycles. The van der Waals surface area contributed by atoms with Crippen LogP contribution < -0.4 is 16.0 Å². The molecular formula is C34H44N6O7. The molecule has 4 heterocycles. The Morgan fingerprint density at radius 2 is 1.74 bits per heavy atom. The highest BCUT2D eigenvalue weighted by atomic mass is 16.5. The maximum absolute atomic E-state index is 14.1. The first-order valence-corrected chi connectivity index (χ1v) is 16.3. The van der Waals surface area contributed by atoms with Crippen molar-refractivity contribution in [3.63, 3.8) is 0 Å².